The van der Waals surface area contributed by atoms with Crippen LogP contribution >= 0.6 is 0 Å². The van der Waals surface area contributed by atoms with Crippen LogP contribution in [0.25, 0.3) is 0 Å². The van der Waals surface area contributed by atoms with Crippen molar-refractivity contribution in [3.05, 3.63) is 29.6 Å². The minimum Gasteiger partial charge on any atom is -0.497 e. The standard InChI is InChI=1S/C20H28FNO3/c1-3-25-19(23)20(13-15-4-5-15)8-10-22(11-9-20)14-16-6-7-17(24-2)12-18(16)21/h6-7,12,15H,3-5,8-11,13-14H2,1-2H3. The van der Waals surface area contributed by atoms with Gasteiger partial charge in [0.05, 0.1) is 19.1 Å². The molecule has 1 saturated carbocycles. The third-order valence-corrected chi connectivity index (χ3v) is 5.55. The van der Waals surface area contributed by atoms with Crippen LogP contribution in [-0.2, 0) is 16.1 Å². The minimum absolute atomic E-state index is 0.0304. The molecule has 1 aromatic rings. The van der Waals surface area contributed by atoms with E-state index in [1.54, 1.807) is 12.1 Å². The van der Waals surface area contributed by atoms with Crippen molar-refractivity contribution in [1.29, 1.82) is 0 Å². The maximum absolute atomic E-state index is 14.2. The van der Waals surface area contributed by atoms with Crippen molar-refractivity contribution in [2.24, 2.45) is 11.3 Å². The van der Waals surface area contributed by atoms with E-state index < -0.39 is 0 Å². The SMILES string of the molecule is CCOC(=O)C1(CC2CC2)CCN(Cc2ccc(OC)cc2F)CC1. The Labute approximate surface area is 149 Å². The van der Waals surface area contributed by atoms with E-state index in [0.717, 1.165) is 32.4 Å². The number of likely N-dealkylation sites (tertiary alicyclic amines) is 1. The van der Waals surface area contributed by atoms with Gasteiger partial charge < -0.3 is 9.47 Å². The Morgan fingerprint density at radius 1 is 1.32 bits per heavy atom. The van der Waals surface area contributed by atoms with Crippen LogP contribution < -0.4 is 4.74 Å². The summed E-state index contributed by atoms with van der Waals surface area (Å²) in [5, 5.41) is 0. The van der Waals surface area contributed by atoms with Crippen LogP contribution in [0.3, 0.4) is 0 Å². The molecule has 2 aliphatic rings. The van der Waals surface area contributed by atoms with Gasteiger partial charge in [-0.3, -0.25) is 9.69 Å². The Morgan fingerprint density at radius 3 is 2.60 bits per heavy atom. The van der Waals surface area contributed by atoms with Gasteiger partial charge in [-0.25, -0.2) is 4.39 Å². The highest BCUT2D eigenvalue weighted by Gasteiger charge is 2.46. The van der Waals surface area contributed by atoms with Crippen molar-refractivity contribution in [3.8, 4) is 5.75 Å². The first-order valence-electron chi connectivity index (χ1n) is 9.28. The predicted octanol–water partition coefficient (Wildman–Crippen LogP) is 3.78. The number of piperidine rings is 1. The van der Waals surface area contributed by atoms with E-state index in [2.05, 4.69) is 4.90 Å². The average molecular weight is 349 g/mol. The summed E-state index contributed by atoms with van der Waals surface area (Å²) in [6.07, 6.45) is 5.04. The molecule has 0 radical (unpaired) electrons. The third kappa shape index (κ3) is 4.32. The van der Waals surface area contributed by atoms with Crippen LogP contribution in [-0.4, -0.2) is 37.7 Å². The van der Waals surface area contributed by atoms with Crippen LogP contribution in [0.2, 0.25) is 0 Å². The fraction of sp³-hybridized carbons (Fsp3) is 0.650. The summed E-state index contributed by atoms with van der Waals surface area (Å²) in [7, 11) is 1.54. The van der Waals surface area contributed by atoms with Crippen LogP contribution in [0.1, 0.15) is 44.6 Å². The molecule has 5 heteroatoms. The molecular weight excluding hydrogens is 321 g/mol. The van der Waals surface area contributed by atoms with Crippen LogP contribution in [0.15, 0.2) is 18.2 Å². The third-order valence-electron chi connectivity index (χ3n) is 5.55. The van der Waals surface area contributed by atoms with Gasteiger partial charge in [-0.15, -0.1) is 0 Å². The normalized spacial score (nSPS) is 20.3. The Morgan fingerprint density at radius 2 is 2.04 bits per heavy atom. The first-order chi connectivity index (χ1) is 12.1. The van der Waals surface area contributed by atoms with E-state index in [0.29, 0.717) is 30.4 Å². The molecule has 1 aliphatic carbocycles. The van der Waals surface area contributed by atoms with Crippen molar-refractivity contribution in [2.45, 2.75) is 45.6 Å². The van der Waals surface area contributed by atoms with Gasteiger partial charge >= 0.3 is 5.97 Å². The summed E-state index contributed by atoms with van der Waals surface area (Å²) >= 11 is 0. The highest BCUT2D eigenvalue weighted by atomic mass is 19.1. The Bertz CT molecular complexity index is 607. The maximum atomic E-state index is 14.2. The van der Waals surface area contributed by atoms with Gasteiger partial charge in [0, 0.05) is 18.2 Å². The van der Waals surface area contributed by atoms with Crippen molar-refractivity contribution in [1.82, 2.24) is 4.90 Å². The zero-order valence-electron chi connectivity index (χ0n) is 15.2. The first kappa shape index (κ1) is 18.2. The van der Waals surface area contributed by atoms with Crippen molar-refractivity contribution < 1.29 is 18.7 Å². The smallest absolute Gasteiger partial charge is 0.312 e. The molecule has 1 aromatic carbocycles. The molecular formula is C20H28FNO3. The number of esters is 1. The van der Waals surface area contributed by atoms with E-state index >= 15 is 0 Å². The Kier molecular flexibility index (Phi) is 5.62. The zero-order valence-corrected chi connectivity index (χ0v) is 15.2. The zero-order chi connectivity index (χ0) is 17.9. The number of rotatable bonds is 7. The number of benzene rings is 1. The van der Waals surface area contributed by atoms with E-state index in [4.69, 9.17) is 9.47 Å². The molecule has 1 aliphatic heterocycles. The molecule has 0 atom stereocenters. The summed E-state index contributed by atoms with van der Waals surface area (Å²) in [6, 6.07) is 5.00. The lowest BCUT2D eigenvalue weighted by atomic mass is 9.74. The molecule has 1 saturated heterocycles. The van der Waals surface area contributed by atoms with E-state index in [1.807, 2.05) is 6.92 Å². The lowest BCUT2D eigenvalue weighted by Gasteiger charge is -2.40. The number of hydrogen-bond donors (Lipinski definition) is 0. The number of hydrogen-bond acceptors (Lipinski definition) is 4. The van der Waals surface area contributed by atoms with Gasteiger partial charge in [0.25, 0.3) is 0 Å². The predicted molar refractivity (Wildman–Crippen MR) is 93.9 cm³/mol. The van der Waals surface area contributed by atoms with E-state index in [-0.39, 0.29) is 17.2 Å². The second-order valence-corrected chi connectivity index (χ2v) is 7.38. The molecule has 2 fully saturated rings. The van der Waals surface area contributed by atoms with Crippen molar-refractivity contribution in [2.75, 3.05) is 26.8 Å². The quantitative estimate of drug-likeness (QED) is 0.702. The number of ether oxygens (including phenoxy) is 2. The minimum atomic E-state index is -0.327. The van der Waals surface area contributed by atoms with Crippen molar-refractivity contribution >= 4 is 5.97 Å². The molecule has 0 unspecified atom stereocenters. The Balaban J connectivity index is 1.62. The number of nitrogens with zero attached hydrogens (tertiary/aromatic N) is 1. The van der Waals surface area contributed by atoms with Crippen molar-refractivity contribution in [3.63, 3.8) is 0 Å². The molecule has 25 heavy (non-hydrogen) atoms. The van der Waals surface area contributed by atoms with Gasteiger partial charge in [-0.05, 0) is 51.3 Å². The summed E-state index contributed by atoms with van der Waals surface area (Å²) in [5.74, 6) is 0.956. The molecule has 0 aromatic heterocycles. The molecule has 0 N–H and O–H groups in total. The van der Waals surface area contributed by atoms with Gasteiger partial charge in [0.2, 0.25) is 0 Å². The second-order valence-electron chi connectivity index (χ2n) is 7.38. The summed E-state index contributed by atoms with van der Waals surface area (Å²) < 4.78 is 24.6. The molecule has 0 amide bonds. The molecule has 138 valence electrons. The number of carbonyl (C=O) groups is 1. The molecule has 0 spiro atoms. The molecule has 1 heterocycles. The van der Waals surface area contributed by atoms with Gasteiger partial charge in [-0.1, -0.05) is 18.9 Å². The molecule has 0 bridgehead atoms. The number of halogens is 1. The monoisotopic (exact) mass is 349 g/mol. The summed E-state index contributed by atoms with van der Waals surface area (Å²) in [5.41, 5.74) is 0.346. The van der Waals surface area contributed by atoms with Crippen LogP contribution in [0.4, 0.5) is 4.39 Å². The fourth-order valence-corrected chi connectivity index (χ4v) is 3.81. The first-order valence-corrected chi connectivity index (χ1v) is 9.28. The van der Waals surface area contributed by atoms with Crippen LogP contribution in [0.5, 0.6) is 5.75 Å². The highest BCUT2D eigenvalue weighted by Crippen LogP contribution is 2.46. The largest absolute Gasteiger partial charge is 0.497 e. The second kappa shape index (κ2) is 7.73. The molecule has 3 rings (SSSR count). The Hall–Kier alpha value is -1.62. The molecule has 4 nitrogen and oxygen atoms in total. The number of carbonyl (C=O) groups excluding carboxylic acids is 1. The highest BCUT2D eigenvalue weighted by molar-refractivity contribution is 5.77. The van der Waals surface area contributed by atoms with Gasteiger partial charge in [-0.2, -0.15) is 0 Å². The maximum Gasteiger partial charge on any atom is 0.312 e. The topological polar surface area (TPSA) is 38.8 Å². The lowest BCUT2D eigenvalue weighted by molar-refractivity contribution is -0.159. The lowest BCUT2D eigenvalue weighted by Crippen LogP contribution is -2.45. The van der Waals surface area contributed by atoms with E-state index in [1.165, 1.54) is 26.0 Å². The van der Waals surface area contributed by atoms with E-state index in [9.17, 15) is 9.18 Å². The number of methoxy groups -OCH3 is 1. The fourth-order valence-electron chi connectivity index (χ4n) is 3.81. The van der Waals surface area contributed by atoms with Crippen LogP contribution in [0, 0.1) is 17.2 Å². The average Bonchev–Trinajstić information content (AvgIpc) is 3.42. The van der Waals surface area contributed by atoms with Gasteiger partial charge in [0.1, 0.15) is 11.6 Å². The summed E-state index contributed by atoms with van der Waals surface area (Å²) in [4.78, 5) is 14.8. The van der Waals surface area contributed by atoms with Gasteiger partial charge in [0.15, 0.2) is 0 Å². The summed E-state index contributed by atoms with van der Waals surface area (Å²) in [6.45, 7) is 4.47.